The minimum atomic E-state index is -4.61. The van der Waals surface area contributed by atoms with Gasteiger partial charge in [0.15, 0.2) is 0 Å². The molecule has 0 aliphatic heterocycles. The number of amides is 1. The second kappa shape index (κ2) is 56.4. The first-order valence-electron chi connectivity index (χ1n) is 31.4. The van der Waals surface area contributed by atoms with Crippen molar-refractivity contribution in [2.24, 2.45) is 0 Å². The van der Waals surface area contributed by atoms with Crippen molar-refractivity contribution in [2.75, 3.05) is 40.9 Å². The molecule has 75 heavy (non-hydrogen) atoms. The number of hydrogen-bond acceptors (Lipinski definition) is 6. The van der Waals surface area contributed by atoms with Gasteiger partial charge in [-0.15, -0.1) is 0 Å². The molecule has 0 bridgehead atoms. The van der Waals surface area contributed by atoms with E-state index >= 15 is 0 Å². The quantitative estimate of drug-likeness (QED) is 0.0272. The molecule has 0 radical (unpaired) electrons. The van der Waals surface area contributed by atoms with E-state index in [-0.39, 0.29) is 12.5 Å². The molecule has 0 aromatic heterocycles. The number of nitrogens with zero attached hydrogens (tertiary/aromatic N) is 1. The molecule has 8 nitrogen and oxygen atoms in total. The van der Waals surface area contributed by atoms with Crippen LogP contribution in [0.3, 0.4) is 0 Å². The van der Waals surface area contributed by atoms with Crippen molar-refractivity contribution in [1.82, 2.24) is 5.32 Å². The first-order valence-corrected chi connectivity index (χ1v) is 32.9. The van der Waals surface area contributed by atoms with Gasteiger partial charge in [0.2, 0.25) is 5.91 Å². The molecule has 9 heteroatoms. The van der Waals surface area contributed by atoms with Gasteiger partial charge >= 0.3 is 0 Å². The normalized spacial score (nSPS) is 14.4. The summed E-state index contributed by atoms with van der Waals surface area (Å²) in [6.07, 6.45) is 79.6. The number of rotatable bonds is 57. The molecule has 0 aliphatic rings. The lowest BCUT2D eigenvalue weighted by Crippen LogP contribution is -2.45. The molecule has 0 saturated heterocycles. The smallest absolute Gasteiger partial charge is 0.268 e. The Bertz CT molecular complexity index is 1500. The van der Waals surface area contributed by atoms with Crippen molar-refractivity contribution in [3.63, 3.8) is 0 Å². The van der Waals surface area contributed by atoms with Crippen LogP contribution in [0.2, 0.25) is 0 Å². The number of phosphoric acid groups is 1. The van der Waals surface area contributed by atoms with Gasteiger partial charge in [0, 0.05) is 6.42 Å². The molecule has 436 valence electrons. The van der Waals surface area contributed by atoms with Crippen LogP contribution < -0.4 is 10.2 Å². The van der Waals surface area contributed by atoms with Gasteiger partial charge in [0.25, 0.3) is 7.82 Å². The van der Waals surface area contributed by atoms with Gasteiger partial charge in [0.05, 0.1) is 39.9 Å². The number of likely N-dealkylation sites (N-methyl/N-ethyl adjacent to an activating group) is 1. The van der Waals surface area contributed by atoms with Gasteiger partial charge in [-0.3, -0.25) is 9.36 Å². The molecule has 0 saturated carbocycles. The standard InChI is InChI=1S/C66H121N2O6P/c1-6-8-10-12-14-16-18-20-22-24-26-28-30-32-33-34-35-36-38-40-42-44-46-48-50-52-54-56-58-60-66(70)67-64(63-74-75(71,72)73-62-61-68(3,4)5)65(69)59-57-55-53-51-49-47-45-43-41-39-37-31-29-27-25-23-21-19-17-15-13-11-9-7-2/h8,10,14,16,20,22,26,28,32-33,49,51,57,59,64-65,69H,6-7,9,11-13,15,17-19,21,23-25,27,29-31,34-48,50,52-56,58,60-63H2,1-5H3,(H-,67,70,71,72)/b10-8-,16-14-,22-20-,28-26-,33-32-,51-49+,59-57+. The first kappa shape index (κ1) is 72.7. The Hall–Kier alpha value is -2.32. The topological polar surface area (TPSA) is 108 Å². The Kier molecular flexibility index (Phi) is 54.7. The van der Waals surface area contributed by atoms with E-state index in [1.165, 1.54) is 186 Å². The second-order valence-electron chi connectivity index (χ2n) is 22.4. The van der Waals surface area contributed by atoms with E-state index in [0.717, 1.165) is 70.6 Å². The molecular weight excluding hydrogens is 948 g/mol. The van der Waals surface area contributed by atoms with Crippen molar-refractivity contribution in [3.8, 4) is 0 Å². The van der Waals surface area contributed by atoms with E-state index in [4.69, 9.17) is 9.05 Å². The molecule has 0 spiro atoms. The number of phosphoric ester groups is 1. The molecule has 1 amide bonds. The van der Waals surface area contributed by atoms with Crippen LogP contribution in [0.25, 0.3) is 0 Å². The molecule has 0 aromatic carbocycles. The Morgan fingerprint density at radius 3 is 1.24 bits per heavy atom. The molecule has 0 rings (SSSR count). The highest BCUT2D eigenvalue weighted by Gasteiger charge is 2.23. The first-order chi connectivity index (χ1) is 36.5. The van der Waals surface area contributed by atoms with Gasteiger partial charge in [-0.1, -0.05) is 279 Å². The number of nitrogens with one attached hydrogen (secondary N) is 1. The largest absolute Gasteiger partial charge is 0.756 e. The number of aliphatic hydroxyl groups is 1. The summed E-state index contributed by atoms with van der Waals surface area (Å²) < 4.78 is 23.4. The number of carbonyl (C=O) groups excluding carboxylic acids is 1. The maximum absolute atomic E-state index is 13.0. The summed E-state index contributed by atoms with van der Waals surface area (Å²) in [4.78, 5) is 25.6. The van der Waals surface area contributed by atoms with E-state index in [1.807, 2.05) is 27.2 Å². The highest BCUT2D eigenvalue weighted by Crippen LogP contribution is 2.38. The summed E-state index contributed by atoms with van der Waals surface area (Å²) in [6.45, 7) is 4.54. The van der Waals surface area contributed by atoms with Crippen LogP contribution in [0.15, 0.2) is 85.1 Å². The lowest BCUT2D eigenvalue weighted by atomic mass is 10.0. The van der Waals surface area contributed by atoms with Crippen molar-refractivity contribution in [1.29, 1.82) is 0 Å². The van der Waals surface area contributed by atoms with Gasteiger partial charge in [-0.05, 0) is 77.0 Å². The lowest BCUT2D eigenvalue weighted by Gasteiger charge is -2.29. The number of hydrogen-bond donors (Lipinski definition) is 2. The van der Waals surface area contributed by atoms with Crippen LogP contribution in [0.5, 0.6) is 0 Å². The predicted molar refractivity (Wildman–Crippen MR) is 325 cm³/mol. The predicted octanol–water partition coefficient (Wildman–Crippen LogP) is 19.0. The number of unbranched alkanes of at least 4 members (excludes halogenated alkanes) is 32. The lowest BCUT2D eigenvalue weighted by molar-refractivity contribution is -0.870. The summed E-state index contributed by atoms with van der Waals surface area (Å²) in [5.41, 5.74) is 0. The maximum atomic E-state index is 13.0. The van der Waals surface area contributed by atoms with Crippen LogP contribution in [0, 0.1) is 0 Å². The van der Waals surface area contributed by atoms with Crippen LogP contribution in [0.1, 0.15) is 277 Å². The van der Waals surface area contributed by atoms with E-state index < -0.39 is 26.6 Å². The number of quaternary nitrogens is 1. The van der Waals surface area contributed by atoms with Crippen molar-refractivity contribution < 1.29 is 32.9 Å². The third kappa shape index (κ3) is 59.2. The molecule has 0 aliphatic carbocycles. The average Bonchev–Trinajstić information content (AvgIpc) is 3.37. The average molecular weight is 1070 g/mol. The van der Waals surface area contributed by atoms with Crippen LogP contribution >= 0.6 is 7.82 Å². The Balaban J connectivity index is 4.19. The van der Waals surface area contributed by atoms with Gasteiger partial charge in [-0.2, -0.15) is 0 Å². The SMILES string of the molecule is CC/C=C\C/C=C\C/C=C\C/C=C\C/C=C\CCCCCCCCCCCCCCCC(=O)NC(COP(=O)([O-])OCC[N+](C)(C)C)C(O)/C=C/CC/C=C/CCCCCCCCCCCCCCCCCCCC. The van der Waals surface area contributed by atoms with Gasteiger partial charge < -0.3 is 28.8 Å². The monoisotopic (exact) mass is 1070 g/mol. The molecule has 2 N–H and O–H groups in total. The zero-order chi connectivity index (χ0) is 54.9. The summed E-state index contributed by atoms with van der Waals surface area (Å²) in [7, 11) is 1.24. The highest BCUT2D eigenvalue weighted by atomic mass is 31.2. The molecule has 0 aromatic rings. The minimum absolute atomic E-state index is 0.00920. The Morgan fingerprint density at radius 2 is 0.827 bits per heavy atom. The number of allylic oxidation sites excluding steroid dienone is 13. The summed E-state index contributed by atoms with van der Waals surface area (Å²) >= 11 is 0. The van der Waals surface area contributed by atoms with E-state index in [2.05, 4.69) is 92.1 Å². The molecule has 0 fully saturated rings. The highest BCUT2D eigenvalue weighted by molar-refractivity contribution is 7.45. The van der Waals surface area contributed by atoms with Crippen molar-refractivity contribution in [3.05, 3.63) is 85.1 Å². The molecular formula is C66H121N2O6P. The second-order valence-corrected chi connectivity index (χ2v) is 23.8. The summed E-state index contributed by atoms with van der Waals surface area (Å²) in [5.74, 6) is -0.209. The fourth-order valence-corrected chi connectivity index (χ4v) is 9.69. The third-order valence-corrected chi connectivity index (χ3v) is 14.8. The Morgan fingerprint density at radius 1 is 0.480 bits per heavy atom. The number of carbonyl (C=O) groups is 1. The van der Waals surface area contributed by atoms with E-state index in [1.54, 1.807) is 6.08 Å². The van der Waals surface area contributed by atoms with Crippen molar-refractivity contribution in [2.45, 2.75) is 289 Å². The number of aliphatic hydroxyl groups excluding tert-OH is 1. The molecule has 0 heterocycles. The molecule has 3 atom stereocenters. The van der Waals surface area contributed by atoms with Crippen LogP contribution in [0.4, 0.5) is 0 Å². The van der Waals surface area contributed by atoms with Crippen molar-refractivity contribution >= 4 is 13.7 Å². The fraction of sp³-hybridized carbons (Fsp3) is 0.773. The van der Waals surface area contributed by atoms with Crippen LogP contribution in [-0.4, -0.2) is 68.5 Å². The zero-order valence-corrected chi connectivity index (χ0v) is 50.6. The minimum Gasteiger partial charge on any atom is -0.756 e. The molecule has 3 unspecified atom stereocenters. The van der Waals surface area contributed by atoms with Gasteiger partial charge in [-0.25, -0.2) is 0 Å². The zero-order valence-electron chi connectivity index (χ0n) is 49.7. The Labute approximate surface area is 465 Å². The van der Waals surface area contributed by atoms with E-state index in [0.29, 0.717) is 17.4 Å². The summed E-state index contributed by atoms with van der Waals surface area (Å²) in [5, 5.41) is 13.9. The fourth-order valence-electron chi connectivity index (χ4n) is 8.96. The van der Waals surface area contributed by atoms with Crippen LogP contribution in [-0.2, 0) is 18.4 Å². The van der Waals surface area contributed by atoms with Gasteiger partial charge in [0.1, 0.15) is 13.2 Å². The maximum Gasteiger partial charge on any atom is 0.268 e. The third-order valence-electron chi connectivity index (χ3n) is 13.8. The summed E-state index contributed by atoms with van der Waals surface area (Å²) in [6, 6.07) is -0.910. The van der Waals surface area contributed by atoms with E-state index in [9.17, 15) is 19.4 Å².